The summed E-state index contributed by atoms with van der Waals surface area (Å²) >= 11 is 0. The van der Waals surface area contributed by atoms with Crippen LogP contribution in [-0.2, 0) is 19.0 Å². The number of carbonyl (C=O) groups excluding carboxylic acids is 1. The van der Waals surface area contributed by atoms with E-state index in [2.05, 4.69) is 0 Å². The Kier molecular flexibility index (Phi) is 3.23. The van der Waals surface area contributed by atoms with Gasteiger partial charge in [-0.2, -0.15) is 0 Å². The van der Waals surface area contributed by atoms with Crippen molar-refractivity contribution in [2.75, 3.05) is 13.2 Å². The maximum absolute atomic E-state index is 11.3. The summed E-state index contributed by atoms with van der Waals surface area (Å²) in [6.45, 7) is 2.63. The lowest BCUT2D eigenvalue weighted by Crippen LogP contribution is -2.32. The first kappa shape index (κ1) is 10.9. The normalized spacial score (nSPS) is 36.3. The van der Waals surface area contributed by atoms with E-state index in [-0.39, 0.29) is 24.7 Å². The maximum Gasteiger partial charge on any atom is 0.308 e. The largest absolute Gasteiger partial charge is 0.457 e. The second-order valence-corrected chi connectivity index (χ2v) is 4.08. The van der Waals surface area contributed by atoms with Gasteiger partial charge in [-0.25, -0.2) is 0 Å². The van der Waals surface area contributed by atoms with Crippen LogP contribution in [-0.4, -0.2) is 48.7 Å². The fourth-order valence-corrected chi connectivity index (χ4v) is 1.99. The molecule has 15 heavy (non-hydrogen) atoms. The third-order valence-electron chi connectivity index (χ3n) is 2.66. The second-order valence-electron chi connectivity index (χ2n) is 4.08. The van der Waals surface area contributed by atoms with Gasteiger partial charge in [0.05, 0.1) is 25.2 Å². The Morgan fingerprint density at radius 1 is 1.60 bits per heavy atom. The third kappa shape index (κ3) is 2.48. The zero-order valence-corrected chi connectivity index (χ0v) is 8.72. The number of esters is 1. The SMILES string of the molecule is C[C@@H](O)CC(=O)O[C@@H]1CO[C@@H]2CCO[C@H]21. The molecular weight excluding hydrogens is 200 g/mol. The highest BCUT2D eigenvalue weighted by Gasteiger charge is 2.43. The lowest BCUT2D eigenvalue weighted by molar-refractivity contribution is -0.155. The van der Waals surface area contributed by atoms with E-state index in [4.69, 9.17) is 19.3 Å². The summed E-state index contributed by atoms with van der Waals surface area (Å²) in [6.07, 6.45) is -0.107. The fourth-order valence-electron chi connectivity index (χ4n) is 1.99. The molecule has 4 atom stereocenters. The van der Waals surface area contributed by atoms with Gasteiger partial charge in [-0.1, -0.05) is 0 Å². The molecule has 2 rings (SSSR count). The predicted molar refractivity (Wildman–Crippen MR) is 50.3 cm³/mol. The second kappa shape index (κ2) is 4.47. The number of carbonyl (C=O) groups is 1. The van der Waals surface area contributed by atoms with Crippen molar-refractivity contribution in [3.8, 4) is 0 Å². The van der Waals surface area contributed by atoms with Crippen molar-refractivity contribution < 1.29 is 24.1 Å². The van der Waals surface area contributed by atoms with E-state index in [0.717, 1.165) is 6.42 Å². The van der Waals surface area contributed by atoms with Crippen LogP contribution < -0.4 is 0 Å². The minimum absolute atomic E-state index is 0.0217. The van der Waals surface area contributed by atoms with Crippen molar-refractivity contribution in [3.05, 3.63) is 0 Å². The first-order valence-electron chi connectivity index (χ1n) is 5.27. The summed E-state index contributed by atoms with van der Waals surface area (Å²) in [4.78, 5) is 11.3. The van der Waals surface area contributed by atoms with Gasteiger partial charge in [0.25, 0.3) is 0 Å². The minimum atomic E-state index is -0.667. The molecule has 2 fully saturated rings. The van der Waals surface area contributed by atoms with Crippen LogP contribution in [0, 0.1) is 0 Å². The molecular formula is C10H16O5. The van der Waals surface area contributed by atoms with Gasteiger partial charge in [-0.15, -0.1) is 0 Å². The van der Waals surface area contributed by atoms with E-state index >= 15 is 0 Å². The summed E-state index contributed by atoms with van der Waals surface area (Å²) in [5.74, 6) is -0.394. The van der Waals surface area contributed by atoms with Crippen molar-refractivity contribution in [1.82, 2.24) is 0 Å². The molecule has 0 aliphatic carbocycles. The Bertz CT molecular complexity index is 240. The molecule has 0 aromatic rings. The maximum atomic E-state index is 11.3. The Labute approximate surface area is 88.3 Å². The van der Waals surface area contributed by atoms with Crippen LogP contribution in [0.5, 0.6) is 0 Å². The average molecular weight is 216 g/mol. The number of ether oxygens (including phenoxy) is 3. The smallest absolute Gasteiger partial charge is 0.308 e. The molecule has 0 aromatic heterocycles. The molecule has 0 amide bonds. The first-order valence-corrected chi connectivity index (χ1v) is 5.27. The lowest BCUT2D eigenvalue weighted by Gasteiger charge is -2.16. The molecule has 86 valence electrons. The summed E-state index contributed by atoms with van der Waals surface area (Å²) in [7, 11) is 0. The zero-order valence-electron chi connectivity index (χ0n) is 8.72. The van der Waals surface area contributed by atoms with Crippen LogP contribution in [0.4, 0.5) is 0 Å². The van der Waals surface area contributed by atoms with Gasteiger partial charge in [0.15, 0.2) is 6.10 Å². The number of aliphatic hydroxyl groups is 1. The summed E-state index contributed by atoms with van der Waals surface area (Å²) in [6, 6.07) is 0. The van der Waals surface area contributed by atoms with Gasteiger partial charge in [0.2, 0.25) is 0 Å². The van der Waals surface area contributed by atoms with Crippen molar-refractivity contribution in [2.45, 2.75) is 44.2 Å². The quantitative estimate of drug-likeness (QED) is 0.665. The summed E-state index contributed by atoms with van der Waals surface area (Å²) < 4.78 is 16.0. The van der Waals surface area contributed by atoms with Gasteiger partial charge in [-0.3, -0.25) is 4.79 Å². The highest BCUT2D eigenvalue weighted by atomic mass is 16.6. The molecule has 5 heteroatoms. The molecule has 0 aromatic carbocycles. The number of aliphatic hydroxyl groups excluding tert-OH is 1. The van der Waals surface area contributed by atoms with E-state index < -0.39 is 12.1 Å². The molecule has 0 saturated carbocycles. The molecule has 2 saturated heterocycles. The molecule has 2 aliphatic rings. The molecule has 0 bridgehead atoms. The zero-order chi connectivity index (χ0) is 10.8. The third-order valence-corrected chi connectivity index (χ3v) is 2.66. The number of hydrogen-bond acceptors (Lipinski definition) is 5. The van der Waals surface area contributed by atoms with Crippen molar-refractivity contribution in [3.63, 3.8) is 0 Å². The fraction of sp³-hybridized carbons (Fsp3) is 0.900. The minimum Gasteiger partial charge on any atom is -0.457 e. The van der Waals surface area contributed by atoms with Gasteiger partial charge in [0, 0.05) is 6.61 Å². The van der Waals surface area contributed by atoms with Crippen molar-refractivity contribution in [2.24, 2.45) is 0 Å². The van der Waals surface area contributed by atoms with E-state index in [0.29, 0.717) is 13.2 Å². The number of fused-ring (bicyclic) bond motifs is 1. The Morgan fingerprint density at radius 2 is 2.40 bits per heavy atom. The standard InChI is InChI=1S/C10H16O5/c1-6(11)4-9(12)15-8-5-14-7-2-3-13-10(7)8/h6-8,10-11H,2-5H2,1H3/t6-,7-,8-,10-/m1/s1. The summed E-state index contributed by atoms with van der Waals surface area (Å²) in [5, 5.41) is 9.02. The van der Waals surface area contributed by atoms with Crippen LogP contribution in [0.1, 0.15) is 19.8 Å². The number of rotatable bonds is 3. The Morgan fingerprint density at radius 3 is 3.13 bits per heavy atom. The molecule has 5 nitrogen and oxygen atoms in total. The lowest BCUT2D eigenvalue weighted by atomic mass is 10.1. The predicted octanol–water partition coefficient (Wildman–Crippen LogP) is -0.143. The van der Waals surface area contributed by atoms with Crippen LogP contribution >= 0.6 is 0 Å². The highest BCUT2D eigenvalue weighted by molar-refractivity contribution is 5.70. The molecule has 1 N–H and O–H groups in total. The van der Waals surface area contributed by atoms with Crippen LogP contribution in [0.2, 0.25) is 0 Å². The molecule has 0 radical (unpaired) electrons. The summed E-state index contributed by atoms with van der Waals surface area (Å²) in [5.41, 5.74) is 0. The monoisotopic (exact) mass is 216 g/mol. The van der Waals surface area contributed by atoms with Crippen LogP contribution in [0.3, 0.4) is 0 Å². The van der Waals surface area contributed by atoms with Gasteiger partial charge < -0.3 is 19.3 Å². The van der Waals surface area contributed by atoms with Crippen molar-refractivity contribution in [1.29, 1.82) is 0 Å². The van der Waals surface area contributed by atoms with Gasteiger partial charge >= 0.3 is 5.97 Å². The average Bonchev–Trinajstić information content (AvgIpc) is 2.68. The van der Waals surface area contributed by atoms with Gasteiger partial charge in [-0.05, 0) is 13.3 Å². The highest BCUT2D eigenvalue weighted by Crippen LogP contribution is 2.28. The Hall–Kier alpha value is -0.650. The molecule has 0 spiro atoms. The Balaban J connectivity index is 1.82. The van der Waals surface area contributed by atoms with E-state index in [1.165, 1.54) is 0 Å². The molecule has 2 aliphatic heterocycles. The van der Waals surface area contributed by atoms with E-state index in [1.54, 1.807) is 6.92 Å². The van der Waals surface area contributed by atoms with Crippen LogP contribution in [0.25, 0.3) is 0 Å². The van der Waals surface area contributed by atoms with Gasteiger partial charge in [0.1, 0.15) is 6.10 Å². The molecule has 2 heterocycles. The topological polar surface area (TPSA) is 65.0 Å². The van der Waals surface area contributed by atoms with Crippen molar-refractivity contribution >= 4 is 5.97 Å². The van der Waals surface area contributed by atoms with E-state index in [9.17, 15) is 4.79 Å². The molecule has 0 unspecified atom stereocenters. The first-order chi connectivity index (χ1) is 7.16. The van der Waals surface area contributed by atoms with E-state index in [1.807, 2.05) is 0 Å². The number of hydrogen-bond donors (Lipinski definition) is 1. The van der Waals surface area contributed by atoms with Crippen LogP contribution in [0.15, 0.2) is 0 Å².